The molecule has 0 saturated carbocycles. The van der Waals surface area contributed by atoms with Crippen LogP contribution in [-0.2, 0) is 11.2 Å². The largest absolute Gasteiger partial charge is 0.508 e. The molecule has 2 rings (SSSR count). The van der Waals surface area contributed by atoms with E-state index in [1.807, 2.05) is 11.0 Å². The van der Waals surface area contributed by atoms with Crippen LogP contribution in [0.15, 0.2) is 24.3 Å². The Hall–Kier alpha value is -1.55. The second-order valence-corrected chi connectivity index (χ2v) is 4.84. The van der Waals surface area contributed by atoms with E-state index < -0.39 is 0 Å². The molecule has 1 N–H and O–H groups in total. The molecule has 1 aromatic rings. The van der Waals surface area contributed by atoms with Crippen molar-refractivity contribution >= 4 is 5.91 Å². The third-order valence-electron chi connectivity index (χ3n) is 3.41. The Morgan fingerprint density at radius 3 is 2.78 bits per heavy atom. The van der Waals surface area contributed by atoms with E-state index in [1.54, 1.807) is 18.2 Å². The molecule has 1 saturated heterocycles. The molecule has 0 unspecified atom stereocenters. The van der Waals surface area contributed by atoms with Crippen LogP contribution in [0.2, 0.25) is 0 Å². The number of aromatic hydroxyl groups is 1. The van der Waals surface area contributed by atoms with Gasteiger partial charge in [0.1, 0.15) is 5.75 Å². The van der Waals surface area contributed by atoms with Crippen molar-refractivity contribution in [2.45, 2.75) is 12.8 Å². The molecule has 0 atom stereocenters. The molecule has 0 bridgehead atoms. The molecule has 1 aromatic carbocycles. The number of para-hydroxylation sites is 1. The van der Waals surface area contributed by atoms with Gasteiger partial charge in [0.25, 0.3) is 0 Å². The van der Waals surface area contributed by atoms with Crippen LogP contribution in [0.25, 0.3) is 0 Å². The van der Waals surface area contributed by atoms with Gasteiger partial charge in [-0.2, -0.15) is 0 Å². The van der Waals surface area contributed by atoms with Crippen molar-refractivity contribution in [2.24, 2.45) is 0 Å². The molecule has 18 heavy (non-hydrogen) atoms. The van der Waals surface area contributed by atoms with Gasteiger partial charge < -0.3 is 14.9 Å². The summed E-state index contributed by atoms with van der Waals surface area (Å²) in [5.74, 6) is 0.310. The molecule has 1 heterocycles. The fourth-order valence-corrected chi connectivity index (χ4v) is 2.23. The maximum atomic E-state index is 12.2. The molecule has 0 spiro atoms. The van der Waals surface area contributed by atoms with Gasteiger partial charge in [-0.3, -0.25) is 4.79 Å². The van der Waals surface area contributed by atoms with Gasteiger partial charge in [0.05, 0.1) is 6.42 Å². The average Bonchev–Trinajstić information content (AvgIpc) is 2.57. The molecule has 98 valence electrons. The van der Waals surface area contributed by atoms with Gasteiger partial charge in [-0.15, -0.1) is 0 Å². The maximum Gasteiger partial charge on any atom is 0.227 e. The van der Waals surface area contributed by atoms with E-state index >= 15 is 0 Å². The van der Waals surface area contributed by atoms with Crippen molar-refractivity contribution in [1.29, 1.82) is 0 Å². The molecule has 1 aliphatic heterocycles. The number of hydrogen-bond donors (Lipinski definition) is 1. The summed E-state index contributed by atoms with van der Waals surface area (Å²) in [5, 5.41) is 9.68. The first kappa shape index (κ1) is 12.9. The van der Waals surface area contributed by atoms with Crippen LogP contribution in [0.3, 0.4) is 0 Å². The summed E-state index contributed by atoms with van der Waals surface area (Å²) >= 11 is 0. The van der Waals surface area contributed by atoms with E-state index in [1.165, 1.54) is 0 Å². The normalized spacial score (nSPS) is 17.5. The first-order valence-electron chi connectivity index (χ1n) is 6.40. The Balaban J connectivity index is 1.97. The number of rotatable bonds is 2. The SMILES string of the molecule is CN1CCCN(C(=O)Cc2ccccc2O)CC1. The first-order valence-corrected chi connectivity index (χ1v) is 6.40. The van der Waals surface area contributed by atoms with E-state index in [2.05, 4.69) is 11.9 Å². The molecule has 1 fully saturated rings. The number of phenolic OH excluding ortho intramolecular Hbond substituents is 1. The Morgan fingerprint density at radius 2 is 2.00 bits per heavy atom. The third-order valence-corrected chi connectivity index (χ3v) is 3.41. The van der Waals surface area contributed by atoms with Crippen molar-refractivity contribution in [2.75, 3.05) is 33.2 Å². The lowest BCUT2D eigenvalue weighted by atomic mass is 10.1. The fraction of sp³-hybridized carbons (Fsp3) is 0.500. The number of hydrogen-bond acceptors (Lipinski definition) is 3. The van der Waals surface area contributed by atoms with Crippen LogP contribution in [0.5, 0.6) is 5.75 Å². The van der Waals surface area contributed by atoms with E-state index in [0.717, 1.165) is 32.6 Å². The van der Waals surface area contributed by atoms with E-state index in [4.69, 9.17) is 0 Å². The van der Waals surface area contributed by atoms with E-state index in [-0.39, 0.29) is 18.1 Å². The zero-order chi connectivity index (χ0) is 13.0. The third kappa shape index (κ3) is 3.23. The number of carbonyl (C=O) groups excluding carboxylic acids is 1. The summed E-state index contributed by atoms with van der Waals surface area (Å²) in [6, 6.07) is 7.04. The smallest absolute Gasteiger partial charge is 0.227 e. The quantitative estimate of drug-likeness (QED) is 0.852. The van der Waals surface area contributed by atoms with Gasteiger partial charge >= 0.3 is 0 Å². The van der Waals surface area contributed by atoms with E-state index in [9.17, 15) is 9.90 Å². The maximum absolute atomic E-state index is 12.2. The van der Waals surface area contributed by atoms with Crippen LogP contribution in [0.4, 0.5) is 0 Å². The van der Waals surface area contributed by atoms with Crippen LogP contribution in [0, 0.1) is 0 Å². The highest BCUT2D eigenvalue weighted by Crippen LogP contribution is 2.17. The fourth-order valence-electron chi connectivity index (χ4n) is 2.23. The molecule has 1 amide bonds. The number of amides is 1. The Bertz CT molecular complexity index is 420. The summed E-state index contributed by atoms with van der Waals surface area (Å²) in [5.41, 5.74) is 0.708. The molecule has 1 aliphatic rings. The summed E-state index contributed by atoms with van der Waals surface area (Å²) in [4.78, 5) is 16.3. The van der Waals surface area contributed by atoms with Crippen molar-refractivity contribution in [3.05, 3.63) is 29.8 Å². The standard InChI is InChI=1S/C14H20N2O2/c1-15-7-4-8-16(10-9-15)14(18)11-12-5-2-3-6-13(12)17/h2-3,5-6,17H,4,7-11H2,1H3. The van der Waals surface area contributed by atoms with Gasteiger partial charge in [0.2, 0.25) is 5.91 Å². The molecular formula is C14H20N2O2. The zero-order valence-electron chi connectivity index (χ0n) is 10.8. The molecule has 4 heteroatoms. The molecule has 4 nitrogen and oxygen atoms in total. The minimum Gasteiger partial charge on any atom is -0.508 e. The van der Waals surface area contributed by atoms with Gasteiger partial charge in [-0.05, 0) is 26.1 Å². The Labute approximate surface area is 108 Å². The number of likely N-dealkylation sites (N-methyl/N-ethyl adjacent to an activating group) is 1. The van der Waals surface area contributed by atoms with Crippen LogP contribution >= 0.6 is 0 Å². The molecule has 0 aliphatic carbocycles. The number of phenols is 1. The molecule has 0 aromatic heterocycles. The number of benzene rings is 1. The van der Waals surface area contributed by atoms with Crippen LogP contribution in [0.1, 0.15) is 12.0 Å². The topological polar surface area (TPSA) is 43.8 Å². The summed E-state index contributed by atoms with van der Waals surface area (Å²) in [6.07, 6.45) is 1.30. The predicted octanol–water partition coefficient (Wildman–Crippen LogP) is 1.10. The van der Waals surface area contributed by atoms with Gasteiger partial charge in [-0.1, -0.05) is 18.2 Å². The van der Waals surface area contributed by atoms with Gasteiger partial charge in [0, 0.05) is 25.2 Å². The highest BCUT2D eigenvalue weighted by atomic mass is 16.3. The minimum atomic E-state index is 0.104. The molecule has 0 radical (unpaired) electrons. The second kappa shape index (κ2) is 5.87. The van der Waals surface area contributed by atoms with E-state index in [0.29, 0.717) is 5.56 Å². The average molecular weight is 248 g/mol. The van der Waals surface area contributed by atoms with Crippen molar-refractivity contribution in [3.63, 3.8) is 0 Å². The number of carbonyl (C=O) groups is 1. The van der Waals surface area contributed by atoms with Crippen molar-refractivity contribution in [3.8, 4) is 5.75 Å². The van der Waals surface area contributed by atoms with Crippen LogP contribution in [-0.4, -0.2) is 54.0 Å². The minimum absolute atomic E-state index is 0.104. The number of nitrogens with zero attached hydrogens (tertiary/aromatic N) is 2. The summed E-state index contributed by atoms with van der Waals surface area (Å²) in [7, 11) is 2.08. The van der Waals surface area contributed by atoms with Crippen LogP contribution < -0.4 is 0 Å². The lowest BCUT2D eigenvalue weighted by Crippen LogP contribution is -2.35. The zero-order valence-corrected chi connectivity index (χ0v) is 10.8. The highest BCUT2D eigenvalue weighted by molar-refractivity contribution is 5.79. The Morgan fingerprint density at radius 1 is 1.22 bits per heavy atom. The predicted molar refractivity (Wildman–Crippen MR) is 70.5 cm³/mol. The van der Waals surface area contributed by atoms with Gasteiger partial charge in [0.15, 0.2) is 0 Å². The van der Waals surface area contributed by atoms with Crippen molar-refractivity contribution in [1.82, 2.24) is 9.80 Å². The lowest BCUT2D eigenvalue weighted by molar-refractivity contribution is -0.130. The summed E-state index contributed by atoms with van der Waals surface area (Å²) < 4.78 is 0. The highest BCUT2D eigenvalue weighted by Gasteiger charge is 2.18. The molecular weight excluding hydrogens is 228 g/mol. The van der Waals surface area contributed by atoms with Gasteiger partial charge in [-0.25, -0.2) is 0 Å². The first-order chi connectivity index (χ1) is 8.66. The second-order valence-electron chi connectivity index (χ2n) is 4.84. The lowest BCUT2D eigenvalue weighted by Gasteiger charge is -2.20. The monoisotopic (exact) mass is 248 g/mol. The Kier molecular flexibility index (Phi) is 4.20. The summed E-state index contributed by atoms with van der Waals surface area (Å²) in [6.45, 7) is 3.56. The van der Waals surface area contributed by atoms with Crippen molar-refractivity contribution < 1.29 is 9.90 Å².